The lowest BCUT2D eigenvalue weighted by molar-refractivity contribution is -0.0181. The number of amides is 1. The summed E-state index contributed by atoms with van der Waals surface area (Å²) in [5.41, 5.74) is 1.31. The molecule has 2 fully saturated rings. The van der Waals surface area contributed by atoms with Crippen molar-refractivity contribution in [3.8, 4) is 0 Å². The van der Waals surface area contributed by atoms with Crippen molar-refractivity contribution in [2.75, 3.05) is 6.54 Å². The van der Waals surface area contributed by atoms with E-state index in [9.17, 15) is 4.79 Å². The van der Waals surface area contributed by atoms with Gasteiger partial charge in [-0.05, 0) is 48.5 Å². The number of hydrogen-bond acceptors (Lipinski definition) is 2. The van der Waals surface area contributed by atoms with Gasteiger partial charge in [-0.25, -0.2) is 4.79 Å². The summed E-state index contributed by atoms with van der Waals surface area (Å²) < 4.78 is 7.41. The number of hydrogen-bond donors (Lipinski definition) is 0. The number of carbonyl (C=O) groups excluding carboxylic acids is 1. The minimum Gasteiger partial charge on any atom is -0.446 e. The van der Waals surface area contributed by atoms with Gasteiger partial charge in [-0.1, -0.05) is 79.5 Å². The van der Waals surface area contributed by atoms with Gasteiger partial charge in [-0.3, -0.25) is 0 Å². The van der Waals surface area contributed by atoms with Gasteiger partial charge in [0.05, 0.1) is 6.04 Å². The molecular formula is C24H32BrNO2. The molecule has 5 atom stereocenters. The highest BCUT2D eigenvalue weighted by Gasteiger charge is 2.45. The van der Waals surface area contributed by atoms with Crippen molar-refractivity contribution in [3.05, 3.63) is 46.5 Å². The number of rotatable bonds is 3. The van der Waals surface area contributed by atoms with Gasteiger partial charge < -0.3 is 9.64 Å². The minimum absolute atomic E-state index is 0.0188. The normalized spacial score (nSPS) is 32.8. The molecule has 2 aliphatic carbocycles. The number of halogens is 1. The first kappa shape index (κ1) is 20.0. The second-order valence-electron chi connectivity index (χ2n) is 9.63. The van der Waals surface area contributed by atoms with Crippen LogP contribution in [0.5, 0.6) is 0 Å². The Morgan fingerprint density at radius 3 is 2.68 bits per heavy atom. The molecule has 1 aromatic rings. The van der Waals surface area contributed by atoms with E-state index in [4.69, 9.17) is 4.74 Å². The Labute approximate surface area is 177 Å². The third-order valence-corrected chi connectivity index (χ3v) is 8.19. The Morgan fingerprint density at radius 2 is 1.93 bits per heavy atom. The molecule has 1 heterocycles. The van der Waals surface area contributed by atoms with Gasteiger partial charge in [0.15, 0.2) is 0 Å². The van der Waals surface area contributed by atoms with Crippen molar-refractivity contribution in [1.29, 1.82) is 0 Å². The molecular weight excluding hydrogens is 414 g/mol. The predicted molar refractivity (Wildman–Crippen MR) is 116 cm³/mol. The average Bonchev–Trinajstić information content (AvgIpc) is 3.04. The highest BCUT2D eigenvalue weighted by atomic mass is 79.9. The Balaban J connectivity index is 1.52. The fraction of sp³-hybridized carbons (Fsp3) is 0.625. The second-order valence-corrected chi connectivity index (χ2v) is 10.5. The van der Waals surface area contributed by atoms with Gasteiger partial charge in [0, 0.05) is 16.9 Å². The van der Waals surface area contributed by atoms with Gasteiger partial charge in [-0.2, -0.15) is 0 Å². The van der Waals surface area contributed by atoms with Crippen LogP contribution in [0.15, 0.2) is 40.9 Å². The van der Waals surface area contributed by atoms with Crippen molar-refractivity contribution in [2.24, 2.45) is 17.8 Å². The Morgan fingerprint density at radius 1 is 1.18 bits per heavy atom. The van der Waals surface area contributed by atoms with Crippen molar-refractivity contribution < 1.29 is 9.53 Å². The third kappa shape index (κ3) is 3.77. The maximum absolute atomic E-state index is 13.2. The van der Waals surface area contributed by atoms with Gasteiger partial charge in [0.1, 0.15) is 6.10 Å². The molecule has 2 bridgehead atoms. The lowest BCUT2D eigenvalue weighted by Crippen LogP contribution is -2.46. The quantitative estimate of drug-likeness (QED) is 0.547. The topological polar surface area (TPSA) is 29.5 Å². The van der Waals surface area contributed by atoms with Gasteiger partial charge in [-0.15, -0.1) is 0 Å². The SMILES string of the molecule is C[C@@H]1CC[C@@H](C(C)(C)c2ccccc2)[C@H](OC(=O)N2C[C@@H]3CC=C(Br)[C@H]2C3)C1. The van der Waals surface area contributed by atoms with Crippen LogP contribution in [-0.2, 0) is 10.2 Å². The second kappa shape index (κ2) is 7.85. The molecule has 1 saturated carbocycles. The number of nitrogens with zero attached hydrogens (tertiary/aromatic N) is 1. The molecule has 28 heavy (non-hydrogen) atoms. The molecule has 3 aliphatic rings. The number of likely N-dealkylation sites (tertiary alicyclic amines) is 1. The van der Waals surface area contributed by atoms with Crippen molar-refractivity contribution in [1.82, 2.24) is 4.90 Å². The van der Waals surface area contributed by atoms with Crippen molar-refractivity contribution in [3.63, 3.8) is 0 Å². The first-order valence-electron chi connectivity index (χ1n) is 10.7. The summed E-state index contributed by atoms with van der Waals surface area (Å²) in [6, 6.07) is 10.9. The first-order valence-corrected chi connectivity index (χ1v) is 11.5. The molecule has 0 radical (unpaired) electrons. The monoisotopic (exact) mass is 445 g/mol. The van der Waals surface area contributed by atoms with E-state index in [1.807, 2.05) is 4.90 Å². The van der Waals surface area contributed by atoms with Crippen LogP contribution in [0.25, 0.3) is 0 Å². The molecule has 0 spiro atoms. The number of allylic oxidation sites excluding steroid dienone is 1. The van der Waals surface area contributed by atoms with E-state index in [1.165, 1.54) is 12.0 Å². The number of benzene rings is 1. The summed E-state index contributed by atoms with van der Waals surface area (Å²) in [6.45, 7) is 7.73. The average molecular weight is 446 g/mol. The van der Waals surface area contributed by atoms with E-state index in [0.717, 1.165) is 36.7 Å². The van der Waals surface area contributed by atoms with Crippen LogP contribution >= 0.6 is 15.9 Å². The minimum atomic E-state index is -0.118. The zero-order valence-electron chi connectivity index (χ0n) is 17.2. The first-order chi connectivity index (χ1) is 13.4. The van der Waals surface area contributed by atoms with Gasteiger partial charge in [0.25, 0.3) is 0 Å². The zero-order chi connectivity index (χ0) is 19.9. The molecule has 1 aromatic carbocycles. The fourth-order valence-electron chi connectivity index (χ4n) is 5.54. The molecule has 1 amide bonds. The summed E-state index contributed by atoms with van der Waals surface area (Å²) in [5, 5.41) is 0. The molecule has 3 nitrogen and oxygen atoms in total. The molecule has 0 aromatic heterocycles. The molecule has 1 saturated heterocycles. The van der Waals surface area contributed by atoms with Crippen molar-refractivity contribution in [2.45, 2.75) is 70.4 Å². The molecule has 4 rings (SSSR count). The third-order valence-electron chi connectivity index (χ3n) is 7.34. The van der Waals surface area contributed by atoms with E-state index in [-0.39, 0.29) is 23.7 Å². The Kier molecular flexibility index (Phi) is 5.61. The lowest BCUT2D eigenvalue weighted by Gasteiger charge is -2.44. The van der Waals surface area contributed by atoms with Crippen LogP contribution in [0.2, 0.25) is 0 Å². The van der Waals surface area contributed by atoms with E-state index in [0.29, 0.717) is 17.8 Å². The van der Waals surface area contributed by atoms with Crippen LogP contribution in [0, 0.1) is 17.8 Å². The summed E-state index contributed by atoms with van der Waals surface area (Å²) in [7, 11) is 0. The van der Waals surface area contributed by atoms with E-state index in [2.05, 4.69) is 73.1 Å². The Hall–Kier alpha value is -1.29. The van der Waals surface area contributed by atoms with Crippen molar-refractivity contribution >= 4 is 22.0 Å². The Bertz CT molecular complexity index is 744. The van der Waals surface area contributed by atoms with Crippen LogP contribution in [0.1, 0.15) is 58.4 Å². The molecule has 1 aliphatic heterocycles. The maximum atomic E-state index is 13.2. The number of fused-ring (bicyclic) bond motifs is 2. The molecule has 0 N–H and O–H groups in total. The standard InChI is InChI=1S/C24H32BrNO2/c1-16-9-11-19(24(2,3)18-7-5-4-6-8-18)22(13-16)28-23(27)26-15-17-10-12-20(25)21(26)14-17/h4-8,12,16-17,19,21-22H,9-11,13-15H2,1-3H3/t16-,17-,19-,21-,22-/m1/s1. The predicted octanol–water partition coefficient (Wildman–Crippen LogP) is 6.28. The zero-order valence-corrected chi connectivity index (χ0v) is 18.8. The van der Waals surface area contributed by atoms with Gasteiger partial charge in [0.2, 0.25) is 0 Å². The summed E-state index contributed by atoms with van der Waals surface area (Å²) in [4.78, 5) is 15.1. The van der Waals surface area contributed by atoms with E-state index in [1.54, 1.807) is 0 Å². The highest BCUT2D eigenvalue weighted by molar-refractivity contribution is 9.11. The summed E-state index contributed by atoms with van der Waals surface area (Å²) in [5.74, 6) is 1.53. The number of carbonyl (C=O) groups is 1. The fourth-order valence-corrected chi connectivity index (χ4v) is 6.16. The van der Waals surface area contributed by atoms with Crippen LogP contribution < -0.4 is 0 Å². The van der Waals surface area contributed by atoms with Crippen LogP contribution in [-0.4, -0.2) is 29.7 Å². The summed E-state index contributed by atoms with van der Waals surface area (Å²) >= 11 is 3.67. The maximum Gasteiger partial charge on any atom is 0.410 e. The molecule has 0 unspecified atom stereocenters. The lowest BCUT2D eigenvalue weighted by atomic mass is 9.64. The van der Waals surface area contributed by atoms with Crippen LogP contribution in [0.4, 0.5) is 4.79 Å². The molecule has 4 heteroatoms. The highest BCUT2D eigenvalue weighted by Crippen LogP contribution is 2.44. The van der Waals surface area contributed by atoms with Gasteiger partial charge >= 0.3 is 6.09 Å². The van der Waals surface area contributed by atoms with Crippen LogP contribution in [0.3, 0.4) is 0 Å². The van der Waals surface area contributed by atoms with E-state index < -0.39 is 0 Å². The largest absolute Gasteiger partial charge is 0.446 e. The molecule has 152 valence electrons. The number of ether oxygens (including phenoxy) is 1. The van der Waals surface area contributed by atoms with E-state index >= 15 is 0 Å². The summed E-state index contributed by atoms with van der Waals surface area (Å²) in [6.07, 6.45) is 7.50. The smallest absolute Gasteiger partial charge is 0.410 e.